The van der Waals surface area contributed by atoms with E-state index in [1.54, 1.807) is 0 Å². The predicted octanol–water partition coefficient (Wildman–Crippen LogP) is 1.79. The van der Waals surface area contributed by atoms with Crippen LogP contribution in [0.1, 0.15) is 5.56 Å². The lowest BCUT2D eigenvalue weighted by atomic mass is 10.2. The molecule has 0 bridgehead atoms. The van der Waals surface area contributed by atoms with Crippen molar-refractivity contribution in [2.24, 2.45) is 0 Å². The molecule has 0 heterocycles. The smallest absolute Gasteiger partial charge is 0.373 e. The van der Waals surface area contributed by atoms with Crippen molar-refractivity contribution in [2.45, 2.75) is 6.18 Å². The maximum atomic E-state index is 12.8. The van der Waals surface area contributed by atoms with Gasteiger partial charge in [-0.05, 0) is 6.07 Å². The van der Waals surface area contributed by atoms with Gasteiger partial charge in [0.05, 0.1) is 5.56 Å². The summed E-state index contributed by atoms with van der Waals surface area (Å²) < 4.78 is 53.7. The number of hydrogen-bond acceptors (Lipinski definition) is 3. The summed E-state index contributed by atoms with van der Waals surface area (Å²) >= 11 is 0. The van der Waals surface area contributed by atoms with Gasteiger partial charge in [-0.15, -0.1) is 0 Å². The molecule has 0 amide bonds. The summed E-state index contributed by atoms with van der Waals surface area (Å²) in [7, 11) is 0.343. The minimum Gasteiger partial charge on any atom is -0.373 e. The number of alkyl halides is 3. The lowest BCUT2D eigenvalue weighted by Crippen LogP contribution is -2.56. The summed E-state index contributed by atoms with van der Waals surface area (Å²) in [5.74, 6) is 0. The summed E-state index contributed by atoms with van der Waals surface area (Å²) in [6, 6.07) is 5.09. The number of rotatable bonds is 4. The fourth-order valence-corrected chi connectivity index (χ4v) is 3.59. The Balaban J connectivity index is 3.39. The van der Waals surface area contributed by atoms with E-state index in [-0.39, 0.29) is 5.19 Å². The Bertz CT molecular complexity index is 369. The molecule has 1 aromatic rings. The van der Waals surface area contributed by atoms with Crippen molar-refractivity contribution in [1.82, 2.24) is 0 Å². The number of halogens is 3. The zero-order valence-electron chi connectivity index (χ0n) is 9.67. The first-order chi connectivity index (χ1) is 7.91. The topological polar surface area (TPSA) is 27.7 Å². The van der Waals surface area contributed by atoms with Crippen molar-refractivity contribution in [3.63, 3.8) is 0 Å². The van der Waals surface area contributed by atoms with Gasteiger partial charge in [0.1, 0.15) is 0 Å². The van der Waals surface area contributed by atoms with E-state index in [1.165, 1.54) is 39.5 Å². The van der Waals surface area contributed by atoms with E-state index in [4.69, 9.17) is 13.3 Å². The summed E-state index contributed by atoms with van der Waals surface area (Å²) in [5.41, 5.74) is -0.794. The van der Waals surface area contributed by atoms with Crippen molar-refractivity contribution >= 4 is 14.0 Å². The zero-order valence-corrected chi connectivity index (χ0v) is 10.7. The first-order valence-corrected chi connectivity index (χ1v) is 6.46. The number of benzene rings is 1. The molecular weight excluding hydrogens is 253 g/mol. The molecule has 3 nitrogen and oxygen atoms in total. The van der Waals surface area contributed by atoms with Gasteiger partial charge in [0.2, 0.25) is 0 Å². The van der Waals surface area contributed by atoms with Crippen molar-refractivity contribution in [3.05, 3.63) is 29.8 Å². The van der Waals surface area contributed by atoms with Gasteiger partial charge in [0.25, 0.3) is 0 Å². The van der Waals surface area contributed by atoms with Crippen LogP contribution in [0.2, 0.25) is 0 Å². The van der Waals surface area contributed by atoms with Crippen LogP contribution in [0.25, 0.3) is 0 Å². The fraction of sp³-hybridized carbons (Fsp3) is 0.400. The molecule has 0 unspecified atom stereocenters. The second-order valence-electron chi connectivity index (χ2n) is 3.21. The summed E-state index contributed by atoms with van der Waals surface area (Å²) in [6.45, 7) is 0. The molecule has 0 aliphatic carbocycles. The first-order valence-electron chi connectivity index (χ1n) is 4.73. The molecule has 0 aromatic heterocycles. The van der Waals surface area contributed by atoms with Crippen LogP contribution in [-0.4, -0.2) is 30.1 Å². The highest BCUT2D eigenvalue weighted by Gasteiger charge is 2.47. The average molecular weight is 266 g/mol. The van der Waals surface area contributed by atoms with Crippen LogP contribution in [0.3, 0.4) is 0 Å². The number of hydrogen-bond donors (Lipinski definition) is 0. The molecule has 1 aromatic carbocycles. The van der Waals surface area contributed by atoms with E-state index in [1.807, 2.05) is 0 Å². The van der Waals surface area contributed by atoms with Crippen LogP contribution >= 0.6 is 0 Å². The summed E-state index contributed by atoms with van der Waals surface area (Å²) in [6.07, 6.45) is -4.47. The molecule has 0 N–H and O–H groups in total. The summed E-state index contributed by atoms with van der Waals surface area (Å²) in [5, 5.41) is -0.0833. The Hall–Kier alpha value is -0.893. The third-order valence-corrected chi connectivity index (χ3v) is 5.08. The quantitative estimate of drug-likeness (QED) is 0.778. The molecule has 0 aliphatic heterocycles. The minimum atomic E-state index is -4.47. The van der Waals surface area contributed by atoms with Crippen molar-refractivity contribution in [2.75, 3.05) is 21.3 Å². The fourth-order valence-electron chi connectivity index (χ4n) is 1.58. The third-order valence-electron chi connectivity index (χ3n) is 2.37. The molecule has 0 saturated heterocycles. The van der Waals surface area contributed by atoms with E-state index in [2.05, 4.69) is 0 Å². The van der Waals surface area contributed by atoms with Gasteiger partial charge in [-0.2, -0.15) is 13.2 Å². The molecule has 0 radical (unpaired) electrons. The minimum absolute atomic E-state index is 0.0833. The van der Waals surface area contributed by atoms with Crippen LogP contribution in [0.15, 0.2) is 24.3 Å². The zero-order chi connectivity index (χ0) is 13.1. The van der Waals surface area contributed by atoms with Crippen molar-refractivity contribution in [1.29, 1.82) is 0 Å². The second kappa shape index (κ2) is 5.17. The van der Waals surface area contributed by atoms with E-state index in [0.717, 1.165) is 6.07 Å². The molecule has 0 atom stereocenters. The largest absolute Gasteiger partial charge is 0.537 e. The van der Waals surface area contributed by atoms with Crippen LogP contribution in [0.4, 0.5) is 13.2 Å². The monoisotopic (exact) mass is 266 g/mol. The van der Waals surface area contributed by atoms with Gasteiger partial charge in [-0.25, -0.2) is 0 Å². The molecule has 7 heteroatoms. The van der Waals surface area contributed by atoms with Gasteiger partial charge in [0.15, 0.2) is 0 Å². The highest BCUT2D eigenvalue weighted by atomic mass is 28.4. The van der Waals surface area contributed by atoms with Crippen LogP contribution in [-0.2, 0) is 19.5 Å². The Labute approximate surface area is 98.5 Å². The van der Waals surface area contributed by atoms with E-state index < -0.39 is 20.5 Å². The van der Waals surface area contributed by atoms with E-state index >= 15 is 0 Å². The molecule has 0 saturated carbocycles. The third kappa shape index (κ3) is 2.68. The Morgan fingerprint density at radius 3 is 1.82 bits per heavy atom. The predicted molar refractivity (Wildman–Crippen MR) is 57.9 cm³/mol. The van der Waals surface area contributed by atoms with Gasteiger partial charge in [-0.1, -0.05) is 18.2 Å². The molecular formula is C10H13F3O3Si. The van der Waals surface area contributed by atoms with Crippen molar-refractivity contribution < 1.29 is 26.4 Å². The maximum Gasteiger partial charge on any atom is 0.537 e. The highest BCUT2D eigenvalue weighted by molar-refractivity contribution is 6.75. The molecule has 0 spiro atoms. The average Bonchev–Trinajstić information content (AvgIpc) is 2.31. The first kappa shape index (κ1) is 14.2. The molecule has 17 heavy (non-hydrogen) atoms. The lowest BCUT2D eigenvalue weighted by molar-refractivity contribution is -0.137. The maximum absolute atomic E-state index is 12.8. The van der Waals surface area contributed by atoms with Gasteiger partial charge >= 0.3 is 15.0 Å². The molecule has 96 valence electrons. The van der Waals surface area contributed by atoms with Gasteiger partial charge in [0, 0.05) is 26.5 Å². The lowest BCUT2D eigenvalue weighted by Gasteiger charge is -2.27. The summed E-state index contributed by atoms with van der Waals surface area (Å²) in [4.78, 5) is 0. The normalized spacial score (nSPS) is 12.8. The van der Waals surface area contributed by atoms with Crippen LogP contribution in [0.5, 0.6) is 0 Å². The van der Waals surface area contributed by atoms with Crippen LogP contribution < -0.4 is 5.19 Å². The van der Waals surface area contributed by atoms with Gasteiger partial charge < -0.3 is 13.3 Å². The van der Waals surface area contributed by atoms with E-state index in [9.17, 15) is 13.2 Å². The van der Waals surface area contributed by atoms with Crippen molar-refractivity contribution in [3.8, 4) is 0 Å². The molecule has 0 aliphatic rings. The Kier molecular flexibility index (Phi) is 4.31. The highest BCUT2D eigenvalue weighted by Crippen LogP contribution is 2.29. The Morgan fingerprint density at radius 1 is 0.941 bits per heavy atom. The Morgan fingerprint density at radius 2 is 1.41 bits per heavy atom. The van der Waals surface area contributed by atoms with Crippen LogP contribution in [0, 0.1) is 0 Å². The SMILES string of the molecule is CO[Si](OC)(OC)c1ccccc1C(F)(F)F. The molecule has 0 fully saturated rings. The van der Waals surface area contributed by atoms with E-state index in [0.29, 0.717) is 0 Å². The molecule has 1 rings (SSSR count). The second-order valence-corrected chi connectivity index (χ2v) is 6.09. The standard InChI is InChI=1S/C10H13F3O3Si/c1-14-17(15-2,16-3)9-7-5-4-6-8(9)10(11,12)13/h4-7H,1-3H3. The van der Waals surface area contributed by atoms with Gasteiger partial charge in [-0.3, -0.25) is 0 Å².